The lowest BCUT2D eigenvalue weighted by molar-refractivity contribution is 0.417. The topological polar surface area (TPSA) is 40.6 Å². The standard InChI is InChI=1S/C16H16BrFN2O2S/c1-19-8-9-20(11-12-2-5-14(18)6-3-12)23(21,22)16-7-4-13(17)10-15(16)19/h2-7,10H,8-9,11H2,1H3. The molecule has 0 unspecified atom stereocenters. The smallest absolute Gasteiger partial charge is 0.245 e. The zero-order valence-electron chi connectivity index (χ0n) is 12.5. The molecule has 0 fully saturated rings. The molecule has 2 aromatic carbocycles. The van der Waals surface area contributed by atoms with Crippen LogP contribution in [-0.4, -0.2) is 32.9 Å². The number of nitrogens with zero attached hydrogens (tertiary/aromatic N) is 2. The van der Waals surface area contributed by atoms with Crippen LogP contribution in [0.15, 0.2) is 51.8 Å². The molecule has 0 radical (unpaired) electrons. The van der Waals surface area contributed by atoms with Gasteiger partial charge < -0.3 is 4.90 Å². The third kappa shape index (κ3) is 3.27. The zero-order chi connectivity index (χ0) is 16.6. The average Bonchev–Trinajstić information content (AvgIpc) is 2.60. The number of likely N-dealkylation sites (N-methyl/N-ethyl adjacent to an activating group) is 1. The van der Waals surface area contributed by atoms with Gasteiger partial charge in [0.25, 0.3) is 0 Å². The SMILES string of the molecule is CN1CCN(Cc2ccc(F)cc2)S(=O)(=O)c2ccc(Br)cc21. The maximum Gasteiger partial charge on any atom is 0.245 e. The minimum Gasteiger partial charge on any atom is -0.372 e. The molecule has 122 valence electrons. The molecule has 0 amide bonds. The highest BCUT2D eigenvalue weighted by molar-refractivity contribution is 9.10. The molecule has 0 saturated carbocycles. The van der Waals surface area contributed by atoms with Crippen molar-refractivity contribution in [2.45, 2.75) is 11.4 Å². The normalized spacial score (nSPS) is 17.6. The molecule has 0 aliphatic carbocycles. The lowest BCUT2D eigenvalue weighted by Gasteiger charge is -2.20. The molecule has 3 rings (SSSR count). The number of anilines is 1. The zero-order valence-corrected chi connectivity index (χ0v) is 14.9. The van der Waals surface area contributed by atoms with E-state index in [1.807, 2.05) is 18.0 Å². The molecular formula is C16H16BrFN2O2S. The Labute approximate surface area is 143 Å². The summed E-state index contributed by atoms with van der Waals surface area (Å²) in [5.74, 6) is -0.331. The molecule has 0 spiro atoms. The van der Waals surface area contributed by atoms with Crippen molar-refractivity contribution in [3.63, 3.8) is 0 Å². The quantitative estimate of drug-likeness (QED) is 0.779. The molecule has 4 nitrogen and oxygen atoms in total. The van der Waals surface area contributed by atoms with Crippen LogP contribution in [0.2, 0.25) is 0 Å². The van der Waals surface area contributed by atoms with Gasteiger partial charge in [-0.2, -0.15) is 4.31 Å². The lowest BCUT2D eigenvalue weighted by atomic mass is 10.2. The maximum atomic E-state index is 13.0. The van der Waals surface area contributed by atoms with Crippen molar-refractivity contribution in [2.75, 3.05) is 25.0 Å². The van der Waals surface area contributed by atoms with Crippen LogP contribution in [0.3, 0.4) is 0 Å². The van der Waals surface area contributed by atoms with Gasteiger partial charge in [-0.05, 0) is 35.9 Å². The van der Waals surface area contributed by atoms with Gasteiger partial charge in [-0.1, -0.05) is 28.1 Å². The molecule has 0 saturated heterocycles. The fourth-order valence-corrected chi connectivity index (χ4v) is 4.59. The molecule has 0 N–H and O–H groups in total. The van der Waals surface area contributed by atoms with Crippen LogP contribution in [0.5, 0.6) is 0 Å². The number of sulfonamides is 1. The Balaban J connectivity index is 2.00. The van der Waals surface area contributed by atoms with Gasteiger partial charge in [-0.25, -0.2) is 12.8 Å². The van der Waals surface area contributed by atoms with E-state index < -0.39 is 10.0 Å². The van der Waals surface area contributed by atoms with Crippen molar-refractivity contribution >= 4 is 31.6 Å². The van der Waals surface area contributed by atoms with Gasteiger partial charge in [0.1, 0.15) is 10.7 Å². The number of halogens is 2. The van der Waals surface area contributed by atoms with Crippen LogP contribution in [0.1, 0.15) is 5.56 Å². The maximum absolute atomic E-state index is 13.0. The van der Waals surface area contributed by atoms with E-state index >= 15 is 0 Å². The Morgan fingerprint density at radius 1 is 1.13 bits per heavy atom. The first-order valence-electron chi connectivity index (χ1n) is 7.13. The Bertz CT molecular complexity index is 824. The summed E-state index contributed by atoms with van der Waals surface area (Å²) in [6.45, 7) is 1.19. The predicted molar refractivity (Wildman–Crippen MR) is 91.4 cm³/mol. The van der Waals surface area contributed by atoms with E-state index in [2.05, 4.69) is 15.9 Å². The summed E-state index contributed by atoms with van der Waals surface area (Å²) in [7, 11) is -1.72. The summed E-state index contributed by atoms with van der Waals surface area (Å²) in [4.78, 5) is 2.23. The Kier molecular flexibility index (Phi) is 4.44. The van der Waals surface area contributed by atoms with Gasteiger partial charge in [-0.15, -0.1) is 0 Å². The first-order valence-corrected chi connectivity index (χ1v) is 9.36. The summed E-state index contributed by atoms with van der Waals surface area (Å²) in [5.41, 5.74) is 1.44. The van der Waals surface area contributed by atoms with E-state index in [0.29, 0.717) is 23.7 Å². The molecule has 0 bridgehead atoms. The summed E-state index contributed by atoms with van der Waals surface area (Å²) in [6.07, 6.45) is 0. The number of hydrogen-bond donors (Lipinski definition) is 0. The Hall–Kier alpha value is -1.44. The van der Waals surface area contributed by atoms with Crippen molar-refractivity contribution < 1.29 is 12.8 Å². The number of rotatable bonds is 2. The van der Waals surface area contributed by atoms with Crippen LogP contribution in [0.4, 0.5) is 10.1 Å². The van der Waals surface area contributed by atoms with Crippen LogP contribution in [-0.2, 0) is 16.6 Å². The lowest BCUT2D eigenvalue weighted by Crippen LogP contribution is -2.33. The monoisotopic (exact) mass is 398 g/mol. The van der Waals surface area contributed by atoms with Crippen LogP contribution in [0, 0.1) is 5.82 Å². The Morgan fingerprint density at radius 2 is 1.83 bits per heavy atom. The molecule has 1 aliphatic rings. The highest BCUT2D eigenvalue weighted by Crippen LogP contribution is 2.33. The third-order valence-electron chi connectivity index (χ3n) is 3.91. The highest BCUT2D eigenvalue weighted by Gasteiger charge is 2.31. The molecule has 1 heterocycles. The summed E-state index contributed by atoms with van der Waals surface area (Å²) in [5, 5.41) is 0. The minimum atomic E-state index is -3.60. The van der Waals surface area contributed by atoms with E-state index in [4.69, 9.17) is 0 Å². The van der Waals surface area contributed by atoms with Crippen molar-refractivity contribution in [3.05, 3.63) is 58.3 Å². The summed E-state index contributed by atoms with van der Waals surface area (Å²) < 4.78 is 41.2. The van der Waals surface area contributed by atoms with Crippen LogP contribution < -0.4 is 4.90 Å². The van der Waals surface area contributed by atoms with E-state index in [9.17, 15) is 12.8 Å². The number of benzene rings is 2. The molecule has 1 aliphatic heterocycles. The average molecular weight is 399 g/mol. The third-order valence-corrected chi connectivity index (χ3v) is 6.29. The van der Waals surface area contributed by atoms with Crippen LogP contribution in [0.25, 0.3) is 0 Å². The molecule has 2 aromatic rings. The van der Waals surface area contributed by atoms with Crippen molar-refractivity contribution in [3.8, 4) is 0 Å². The molecule has 23 heavy (non-hydrogen) atoms. The van der Waals surface area contributed by atoms with E-state index in [0.717, 1.165) is 10.0 Å². The van der Waals surface area contributed by atoms with E-state index in [1.165, 1.54) is 16.4 Å². The van der Waals surface area contributed by atoms with Gasteiger partial charge in [0, 0.05) is 31.2 Å². The Morgan fingerprint density at radius 3 is 2.52 bits per heavy atom. The fraction of sp³-hybridized carbons (Fsp3) is 0.250. The highest BCUT2D eigenvalue weighted by atomic mass is 79.9. The number of hydrogen-bond acceptors (Lipinski definition) is 3. The number of fused-ring (bicyclic) bond motifs is 1. The largest absolute Gasteiger partial charge is 0.372 e. The van der Waals surface area contributed by atoms with Gasteiger partial charge in [-0.3, -0.25) is 0 Å². The van der Waals surface area contributed by atoms with Gasteiger partial charge >= 0.3 is 0 Å². The van der Waals surface area contributed by atoms with Gasteiger partial charge in [0.05, 0.1) is 5.69 Å². The van der Waals surface area contributed by atoms with Gasteiger partial charge in [0.2, 0.25) is 10.0 Å². The second-order valence-electron chi connectivity index (χ2n) is 5.50. The minimum absolute atomic E-state index is 0.228. The fourth-order valence-electron chi connectivity index (χ4n) is 2.61. The van der Waals surface area contributed by atoms with E-state index in [-0.39, 0.29) is 12.4 Å². The van der Waals surface area contributed by atoms with Gasteiger partial charge in [0.15, 0.2) is 0 Å². The van der Waals surface area contributed by atoms with Crippen molar-refractivity contribution in [1.29, 1.82) is 0 Å². The second kappa shape index (κ2) is 6.22. The summed E-state index contributed by atoms with van der Waals surface area (Å²) in [6, 6.07) is 11.1. The first-order chi connectivity index (χ1) is 10.9. The van der Waals surface area contributed by atoms with E-state index in [1.54, 1.807) is 24.3 Å². The second-order valence-corrected chi connectivity index (χ2v) is 8.32. The predicted octanol–water partition coefficient (Wildman–Crippen LogP) is 3.23. The van der Waals surface area contributed by atoms with Crippen molar-refractivity contribution in [1.82, 2.24) is 4.31 Å². The first kappa shape index (κ1) is 16.4. The molecular weight excluding hydrogens is 383 g/mol. The molecule has 0 aromatic heterocycles. The molecule has 7 heteroatoms. The summed E-state index contributed by atoms with van der Waals surface area (Å²) >= 11 is 3.39. The molecule has 0 atom stereocenters. The van der Waals surface area contributed by atoms with Crippen LogP contribution >= 0.6 is 15.9 Å². The van der Waals surface area contributed by atoms with Crippen molar-refractivity contribution in [2.24, 2.45) is 0 Å².